The van der Waals surface area contributed by atoms with Crippen molar-refractivity contribution in [2.45, 2.75) is 76.1 Å². The first-order valence-corrected chi connectivity index (χ1v) is 14.7. The van der Waals surface area contributed by atoms with Crippen LogP contribution in [0.2, 0.25) is 0 Å². The molecule has 1 rings (SSSR count). The number of rotatable bonds is 21. The Hall–Kier alpha value is -4.71. The molecular formula is C39H48O6. The standard InChI is InChI=1S/C39H48O6/c1-13-19-37(20-14-2,28(7)8)43-34(40)31-25-32(35(41)44-38(21-15-3,22-16-4)29(9)10)27-33(26-31)36(42)45-39(23-17-5,24-18-6)30(11)12/h13-18,25-27H,1-7,9,11,19-24H2,8,10,12H3. The van der Waals surface area contributed by atoms with Gasteiger partial charge in [-0.3, -0.25) is 0 Å². The fourth-order valence-corrected chi connectivity index (χ4v) is 4.90. The van der Waals surface area contributed by atoms with Gasteiger partial charge in [0.1, 0.15) is 16.8 Å². The first-order chi connectivity index (χ1) is 21.2. The Kier molecular flexibility index (Phi) is 14.4. The average molecular weight is 613 g/mol. The third-order valence-electron chi connectivity index (χ3n) is 7.68. The van der Waals surface area contributed by atoms with Crippen LogP contribution in [0.1, 0.15) is 90.4 Å². The van der Waals surface area contributed by atoms with E-state index in [4.69, 9.17) is 14.2 Å². The number of hydrogen-bond donors (Lipinski definition) is 0. The van der Waals surface area contributed by atoms with Crippen LogP contribution in [0.5, 0.6) is 0 Å². The zero-order valence-corrected chi connectivity index (χ0v) is 27.3. The quantitative estimate of drug-likeness (QED) is 0.0781. The van der Waals surface area contributed by atoms with Crippen LogP contribution in [-0.2, 0) is 14.2 Å². The smallest absolute Gasteiger partial charge is 0.339 e. The molecule has 0 aromatic heterocycles. The van der Waals surface area contributed by atoms with Crippen molar-refractivity contribution in [1.82, 2.24) is 0 Å². The van der Waals surface area contributed by atoms with Crippen molar-refractivity contribution < 1.29 is 28.6 Å². The van der Waals surface area contributed by atoms with Crippen LogP contribution in [0, 0.1) is 0 Å². The number of carbonyl (C=O) groups excluding carboxylic acids is 3. The van der Waals surface area contributed by atoms with Gasteiger partial charge in [0.05, 0.1) is 16.7 Å². The van der Waals surface area contributed by atoms with Gasteiger partial charge in [-0.25, -0.2) is 14.4 Å². The molecule has 240 valence electrons. The molecule has 0 unspecified atom stereocenters. The fourth-order valence-electron chi connectivity index (χ4n) is 4.90. The zero-order chi connectivity index (χ0) is 34.4. The van der Waals surface area contributed by atoms with Gasteiger partial charge in [0.15, 0.2) is 0 Å². The van der Waals surface area contributed by atoms with Crippen molar-refractivity contribution in [2.24, 2.45) is 0 Å². The third-order valence-corrected chi connectivity index (χ3v) is 7.68. The topological polar surface area (TPSA) is 78.9 Å². The summed E-state index contributed by atoms with van der Waals surface area (Å²) in [7, 11) is 0. The molecule has 0 bridgehead atoms. The van der Waals surface area contributed by atoms with Crippen molar-refractivity contribution >= 4 is 17.9 Å². The lowest BCUT2D eigenvalue weighted by molar-refractivity contribution is 0.00121. The molecule has 0 fully saturated rings. The minimum absolute atomic E-state index is 0.0723. The van der Waals surface area contributed by atoms with Gasteiger partial charge < -0.3 is 14.2 Å². The highest BCUT2D eigenvalue weighted by Gasteiger charge is 2.37. The van der Waals surface area contributed by atoms with E-state index in [0.717, 1.165) is 0 Å². The zero-order valence-electron chi connectivity index (χ0n) is 27.3. The third kappa shape index (κ3) is 9.39. The minimum Gasteiger partial charge on any atom is -0.450 e. The molecule has 0 N–H and O–H groups in total. The van der Waals surface area contributed by atoms with E-state index in [1.54, 1.807) is 57.2 Å². The van der Waals surface area contributed by atoms with E-state index in [1.807, 2.05) is 0 Å². The van der Waals surface area contributed by atoms with Crippen molar-refractivity contribution in [3.05, 3.63) is 147 Å². The van der Waals surface area contributed by atoms with Crippen LogP contribution in [0.15, 0.2) is 131 Å². The van der Waals surface area contributed by atoms with Gasteiger partial charge >= 0.3 is 17.9 Å². The number of ether oxygens (including phenoxy) is 3. The van der Waals surface area contributed by atoms with Gasteiger partial charge in [0.25, 0.3) is 0 Å². The second-order valence-corrected chi connectivity index (χ2v) is 11.2. The molecule has 45 heavy (non-hydrogen) atoms. The van der Waals surface area contributed by atoms with Gasteiger partial charge in [-0.2, -0.15) is 0 Å². The second kappa shape index (κ2) is 17.0. The summed E-state index contributed by atoms with van der Waals surface area (Å²) in [6.07, 6.45) is 11.3. The van der Waals surface area contributed by atoms with Gasteiger partial charge in [0.2, 0.25) is 0 Å². The minimum atomic E-state index is -1.14. The van der Waals surface area contributed by atoms with Crippen LogP contribution >= 0.6 is 0 Å². The summed E-state index contributed by atoms with van der Waals surface area (Å²) in [6.45, 7) is 40.0. The van der Waals surface area contributed by atoms with Crippen LogP contribution in [0.3, 0.4) is 0 Å². The first kappa shape index (κ1) is 38.3. The van der Waals surface area contributed by atoms with Crippen LogP contribution in [0.25, 0.3) is 0 Å². The summed E-state index contributed by atoms with van der Waals surface area (Å²) in [5, 5.41) is 0. The fraction of sp³-hybridized carbons (Fsp3) is 0.308. The van der Waals surface area contributed by atoms with E-state index < -0.39 is 34.7 Å². The predicted molar refractivity (Wildman–Crippen MR) is 184 cm³/mol. The molecular weight excluding hydrogens is 564 g/mol. The normalized spacial score (nSPS) is 11.3. The first-order valence-electron chi connectivity index (χ1n) is 14.7. The van der Waals surface area contributed by atoms with E-state index in [9.17, 15) is 14.4 Å². The summed E-state index contributed by atoms with van der Waals surface area (Å²) >= 11 is 0. The summed E-state index contributed by atoms with van der Waals surface area (Å²) in [6, 6.07) is 3.95. The highest BCUT2D eigenvalue weighted by molar-refractivity contribution is 6.01. The summed E-state index contributed by atoms with van der Waals surface area (Å²) in [5.74, 6) is -2.38. The van der Waals surface area contributed by atoms with Crippen molar-refractivity contribution in [2.75, 3.05) is 0 Å². The SMILES string of the molecule is C=CCC(CC=C)(OC(=O)c1cc(C(=O)OC(CC=C)(CC=C)C(=C)C)cc(C(=O)OC(CC=C)(CC=C)C(=C)C)c1)C(=C)C. The monoisotopic (exact) mass is 612 g/mol. The Morgan fingerprint density at radius 1 is 0.489 bits per heavy atom. The molecule has 0 atom stereocenters. The molecule has 0 heterocycles. The Bertz CT molecular complexity index is 1180. The number of carbonyl (C=O) groups is 3. The molecule has 0 saturated carbocycles. The van der Waals surface area contributed by atoms with Gasteiger partial charge in [-0.05, 0) is 55.7 Å². The molecule has 0 aliphatic heterocycles. The maximum Gasteiger partial charge on any atom is 0.339 e. The molecule has 1 aromatic rings. The van der Waals surface area contributed by atoms with Crippen LogP contribution < -0.4 is 0 Å². The molecule has 0 amide bonds. The molecule has 0 aliphatic rings. The molecule has 0 spiro atoms. The number of esters is 3. The van der Waals surface area contributed by atoms with Gasteiger partial charge in [0, 0.05) is 38.5 Å². The lowest BCUT2D eigenvalue weighted by Gasteiger charge is -2.33. The molecule has 6 heteroatoms. The number of benzene rings is 1. The largest absolute Gasteiger partial charge is 0.450 e. The lowest BCUT2D eigenvalue weighted by Crippen LogP contribution is -2.37. The Morgan fingerprint density at radius 2 is 0.667 bits per heavy atom. The maximum absolute atomic E-state index is 13.7. The summed E-state index contributed by atoms with van der Waals surface area (Å²) < 4.78 is 18.0. The molecule has 0 aliphatic carbocycles. The Morgan fingerprint density at radius 3 is 0.800 bits per heavy atom. The van der Waals surface area contributed by atoms with Gasteiger partial charge in [-0.15, -0.1) is 39.5 Å². The highest BCUT2D eigenvalue weighted by Crippen LogP contribution is 2.34. The maximum atomic E-state index is 13.7. The molecule has 0 radical (unpaired) electrons. The highest BCUT2D eigenvalue weighted by atomic mass is 16.6. The molecule has 0 saturated heterocycles. The number of hydrogen-bond acceptors (Lipinski definition) is 6. The summed E-state index contributed by atoms with van der Waals surface area (Å²) in [4.78, 5) is 41.2. The van der Waals surface area contributed by atoms with E-state index in [0.29, 0.717) is 16.7 Å². The second-order valence-electron chi connectivity index (χ2n) is 11.2. The van der Waals surface area contributed by atoms with Crippen molar-refractivity contribution in [3.8, 4) is 0 Å². The summed E-state index contributed by atoms with van der Waals surface area (Å²) in [5.41, 5.74) is -1.90. The van der Waals surface area contributed by atoms with E-state index in [2.05, 4.69) is 59.2 Å². The van der Waals surface area contributed by atoms with E-state index in [-0.39, 0.29) is 55.2 Å². The van der Waals surface area contributed by atoms with Crippen LogP contribution in [-0.4, -0.2) is 34.7 Å². The lowest BCUT2D eigenvalue weighted by atomic mass is 9.88. The van der Waals surface area contributed by atoms with Crippen molar-refractivity contribution in [3.63, 3.8) is 0 Å². The van der Waals surface area contributed by atoms with Crippen LogP contribution in [0.4, 0.5) is 0 Å². The van der Waals surface area contributed by atoms with Crippen molar-refractivity contribution in [1.29, 1.82) is 0 Å². The Labute approximate surface area is 269 Å². The van der Waals surface area contributed by atoms with E-state index in [1.165, 1.54) is 18.2 Å². The Balaban J connectivity index is 3.90. The van der Waals surface area contributed by atoms with E-state index >= 15 is 0 Å². The molecule has 1 aromatic carbocycles. The average Bonchev–Trinajstić information content (AvgIpc) is 2.97. The molecule has 6 nitrogen and oxygen atoms in total. The van der Waals surface area contributed by atoms with Gasteiger partial charge in [-0.1, -0.05) is 56.2 Å². The predicted octanol–water partition coefficient (Wildman–Crippen LogP) is 9.56.